The van der Waals surface area contributed by atoms with Crippen molar-refractivity contribution in [1.29, 1.82) is 0 Å². The van der Waals surface area contributed by atoms with E-state index in [-0.39, 0.29) is 16.9 Å². The summed E-state index contributed by atoms with van der Waals surface area (Å²) >= 11 is 6.03. The summed E-state index contributed by atoms with van der Waals surface area (Å²) in [5.41, 5.74) is 2.17. The smallest absolute Gasteiger partial charge is 0.344 e. The maximum atomic E-state index is 12.6. The Kier molecular flexibility index (Phi) is 5.57. The van der Waals surface area contributed by atoms with Gasteiger partial charge in [0.1, 0.15) is 11.5 Å². The van der Waals surface area contributed by atoms with Crippen molar-refractivity contribution in [2.45, 2.75) is 13.8 Å². The van der Waals surface area contributed by atoms with Crippen molar-refractivity contribution in [2.75, 3.05) is 0 Å². The Morgan fingerprint density at radius 2 is 1.26 bits per heavy atom. The molecule has 3 aromatic carbocycles. The Bertz CT molecular complexity index is 990. The summed E-state index contributed by atoms with van der Waals surface area (Å²) in [5, 5.41) is 0.307. The van der Waals surface area contributed by atoms with Crippen molar-refractivity contribution in [3.05, 3.63) is 94.0 Å². The fourth-order valence-electron chi connectivity index (χ4n) is 2.68. The van der Waals surface area contributed by atoms with Gasteiger partial charge in [-0.3, -0.25) is 0 Å². The second-order valence-corrected chi connectivity index (χ2v) is 6.49. The number of benzene rings is 3. The van der Waals surface area contributed by atoms with Gasteiger partial charge < -0.3 is 9.47 Å². The highest BCUT2D eigenvalue weighted by molar-refractivity contribution is 6.32. The average molecular weight is 381 g/mol. The van der Waals surface area contributed by atoms with Crippen LogP contribution in [0.1, 0.15) is 31.8 Å². The Hall–Kier alpha value is -3.11. The number of carbonyl (C=O) groups excluding carboxylic acids is 2. The summed E-state index contributed by atoms with van der Waals surface area (Å²) in [4.78, 5) is 25.2. The third kappa shape index (κ3) is 4.54. The number of carbonyl (C=O) groups is 2. The van der Waals surface area contributed by atoms with Gasteiger partial charge in [0.25, 0.3) is 0 Å². The van der Waals surface area contributed by atoms with Crippen LogP contribution in [0.5, 0.6) is 11.5 Å². The first-order chi connectivity index (χ1) is 12.9. The molecule has 0 aromatic heterocycles. The van der Waals surface area contributed by atoms with Crippen LogP contribution in [0, 0.1) is 13.8 Å². The summed E-state index contributed by atoms with van der Waals surface area (Å²) in [6, 6.07) is 18.5. The molecule has 0 aliphatic rings. The predicted molar refractivity (Wildman–Crippen MR) is 104 cm³/mol. The zero-order valence-electron chi connectivity index (χ0n) is 14.9. The van der Waals surface area contributed by atoms with E-state index in [0.717, 1.165) is 11.1 Å². The second-order valence-electron chi connectivity index (χ2n) is 6.08. The molecule has 0 saturated carbocycles. The molecule has 0 aliphatic heterocycles. The molecule has 136 valence electrons. The Morgan fingerprint density at radius 3 is 1.85 bits per heavy atom. The van der Waals surface area contributed by atoms with E-state index in [0.29, 0.717) is 10.8 Å². The van der Waals surface area contributed by atoms with E-state index in [1.807, 2.05) is 19.9 Å². The Morgan fingerprint density at radius 1 is 0.741 bits per heavy atom. The fraction of sp³-hybridized carbons (Fsp3) is 0.0909. The van der Waals surface area contributed by atoms with E-state index in [1.54, 1.807) is 48.5 Å². The lowest BCUT2D eigenvalue weighted by Gasteiger charge is -2.11. The molecule has 0 bridgehead atoms. The van der Waals surface area contributed by atoms with Gasteiger partial charge in [-0.1, -0.05) is 41.9 Å². The molecule has 0 saturated heterocycles. The summed E-state index contributed by atoms with van der Waals surface area (Å²) in [6.45, 7) is 3.83. The number of para-hydroxylation sites is 1. The Balaban J connectivity index is 1.85. The SMILES string of the molecule is Cc1cc(C)cc(OC(=O)c2ccccc2C(=O)Oc2ccccc2Cl)c1. The van der Waals surface area contributed by atoms with Crippen LogP contribution in [0.4, 0.5) is 0 Å². The van der Waals surface area contributed by atoms with E-state index in [4.69, 9.17) is 21.1 Å². The van der Waals surface area contributed by atoms with Crippen LogP contribution in [-0.4, -0.2) is 11.9 Å². The molecule has 0 heterocycles. The number of hydrogen-bond acceptors (Lipinski definition) is 4. The first-order valence-corrected chi connectivity index (χ1v) is 8.68. The quantitative estimate of drug-likeness (QED) is 0.449. The van der Waals surface area contributed by atoms with E-state index in [9.17, 15) is 9.59 Å². The molecule has 0 radical (unpaired) electrons. The van der Waals surface area contributed by atoms with Crippen LogP contribution in [0.15, 0.2) is 66.7 Å². The van der Waals surface area contributed by atoms with Gasteiger partial charge in [0.05, 0.1) is 16.1 Å². The van der Waals surface area contributed by atoms with Gasteiger partial charge in [0.15, 0.2) is 0 Å². The second kappa shape index (κ2) is 8.06. The minimum Gasteiger partial charge on any atom is -0.423 e. The van der Waals surface area contributed by atoms with Gasteiger partial charge in [0.2, 0.25) is 0 Å². The van der Waals surface area contributed by atoms with Crippen molar-refractivity contribution in [3.63, 3.8) is 0 Å². The third-order valence-electron chi connectivity index (χ3n) is 3.81. The normalized spacial score (nSPS) is 10.3. The summed E-state index contributed by atoms with van der Waals surface area (Å²) < 4.78 is 10.8. The van der Waals surface area contributed by atoms with Gasteiger partial charge in [-0.15, -0.1) is 0 Å². The lowest BCUT2D eigenvalue weighted by Crippen LogP contribution is -2.17. The first-order valence-electron chi connectivity index (χ1n) is 8.30. The number of aryl methyl sites for hydroxylation is 2. The molecule has 4 nitrogen and oxygen atoms in total. The average Bonchev–Trinajstić information content (AvgIpc) is 2.62. The zero-order valence-corrected chi connectivity index (χ0v) is 15.6. The van der Waals surface area contributed by atoms with Gasteiger partial charge in [0, 0.05) is 0 Å². The molecule has 0 spiro atoms. The van der Waals surface area contributed by atoms with E-state index in [1.165, 1.54) is 12.1 Å². The van der Waals surface area contributed by atoms with Gasteiger partial charge in [-0.2, -0.15) is 0 Å². The minimum atomic E-state index is -0.684. The molecular formula is C22H17ClO4. The van der Waals surface area contributed by atoms with Crippen LogP contribution >= 0.6 is 11.6 Å². The highest BCUT2D eigenvalue weighted by atomic mass is 35.5. The largest absolute Gasteiger partial charge is 0.423 e. The van der Waals surface area contributed by atoms with E-state index >= 15 is 0 Å². The molecule has 0 amide bonds. The molecule has 0 atom stereocenters. The van der Waals surface area contributed by atoms with Crippen LogP contribution in [0.3, 0.4) is 0 Å². The monoisotopic (exact) mass is 380 g/mol. The van der Waals surface area contributed by atoms with Gasteiger partial charge in [-0.05, 0) is 61.4 Å². The lowest BCUT2D eigenvalue weighted by molar-refractivity contribution is 0.0692. The fourth-order valence-corrected chi connectivity index (χ4v) is 2.85. The predicted octanol–water partition coefficient (Wildman–Crippen LogP) is 5.40. The van der Waals surface area contributed by atoms with Crippen molar-refractivity contribution >= 4 is 23.5 Å². The molecule has 0 aliphatic carbocycles. The molecule has 0 fully saturated rings. The minimum absolute atomic E-state index is 0.104. The maximum Gasteiger partial charge on any atom is 0.344 e. The zero-order chi connectivity index (χ0) is 19.4. The van der Waals surface area contributed by atoms with E-state index in [2.05, 4.69) is 0 Å². The highest BCUT2D eigenvalue weighted by Crippen LogP contribution is 2.25. The van der Waals surface area contributed by atoms with Gasteiger partial charge >= 0.3 is 11.9 Å². The Labute approximate surface area is 162 Å². The summed E-state index contributed by atoms with van der Waals surface area (Å²) in [7, 11) is 0. The standard InChI is InChI=1S/C22H17ClO4/c1-14-11-15(2)13-16(12-14)26-21(24)17-7-3-4-8-18(17)22(25)27-20-10-6-5-9-19(20)23/h3-13H,1-2H3. The number of halogens is 1. The molecule has 27 heavy (non-hydrogen) atoms. The molecule has 0 N–H and O–H groups in total. The molecular weight excluding hydrogens is 364 g/mol. The van der Waals surface area contributed by atoms with Crippen molar-refractivity contribution in [1.82, 2.24) is 0 Å². The highest BCUT2D eigenvalue weighted by Gasteiger charge is 2.21. The summed E-state index contributed by atoms with van der Waals surface area (Å²) in [6.07, 6.45) is 0. The van der Waals surface area contributed by atoms with Crippen LogP contribution in [0.2, 0.25) is 5.02 Å². The van der Waals surface area contributed by atoms with E-state index < -0.39 is 11.9 Å². The number of hydrogen-bond donors (Lipinski definition) is 0. The third-order valence-corrected chi connectivity index (χ3v) is 4.12. The molecule has 3 rings (SSSR count). The molecule has 0 unspecified atom stereocenters. The molecule has 3 aromatic rings. The lowest BCUT2D eigenvalue weighted by atomic mass is 10.1. The number of ether oxygens (including phenoxy) is 2. The van der Waals surface area contributed by atoms with Crippen LogP contribution in [0.25, 0.3) is 0 Å². The number of esters is 2. The van der Waals surface area contributed by atoms with Gasteiger partial charge in [-0.25, -0.2) is 9.59 Å². The summed E-state index contributed by atoms with van der Waals surface area (Å²) in [5.74, 6) is -0.670. The van der Waals surface area contributed by atoms with Crippen molar-refractivity contribution in [2.24, 2.45) is 0 Å². The van der Waals surface area contributed by atoms with Crippen molar-refractivity contribution in [3.8, 4) is 11.5 Å². The topological polar surface area (TPSA) is 52.6 Å². The van der Waals surface area contributed by atoms with Crippen LogP contribution < -0.4 is 9.47 Å². The van der Waals surface area contributed by atoms with Crippen molar-refractivity contribution < 1.29 is 19.1 Å². The first kappa shape index (κ1) is 18.7. The molecule has 5 heteroatoms. The number of rotatable bonds is 4. The van der Waals surface area contributed by atoms with Crippen LogP contribution in [-0.2, 0) is 0 Å². The maximum absolute atomic E-state index is 12.6.